The molecular weight excluding hydrogens is 312 g/mol. The van der Waals surface area contributed by atoms with E-state index in [1.54, 1.807) is 0 Å². The van der Waals surface area contributed by atoms with E-state index in [9.17, 15) is 0 Å². The van der Waals surface area contributed by atoms with E-state index < -0.39 is 0 Å². The van der Waals surface area contributed by atoms with Crippen LogP contribution in [-0.4, -0.2) is 29.5 Å². The van der Waals surface area contributed by atoms with Gasteiger partial charge >= 0.3 is 0 Å². The predicted octanol–water partition coefficient (Wildman–Crippen LogP) is 3.75. The van der Waals surface area contributed by atoms with Gasteiger partial charge in [-0.2, -0.15) is 10.1 Å². The molecule has 4 rings (SSSR count). The van der Waals surface area contributed by atoms with Gasteiger partial charge in [-0.15, -0.1) is 10.2 Å². The molecular formula is C19H22N6. The minimum atomic E-state index is 0.535. The van der Waals surface area contributed by atoms with Gasteiger partial charge in [0.25, 0.3) is 5.95 Å². The number of aryl methyl sites for hydroxylation is 2. The van der Waals surface area contributed by atoms with Gasteiger partial charge in [0.1, 0.15) is 5.52 Å². The summed E-state index contributed by atoms with van der Waals surface area (Å²) in [4.78, 5) is 4.84. The molecule has 0 aliphatic heterocycles. The van der Waals surface area contributed by atoms with E-state index in [-0.39, 0.29) is 0 Å². The second-order valence-corrected chi connectivity index (χ2v) is 6.37. The van der Waals surface area contributed by atoms with E-state index in [1.807, 2.05) is 17.7 Å². The van der Waals surface area contributed by atoms with Crippen LogP contribution in [0.4, 0.5) is 0 Å². The van der Waals surface area contributed by atoms with Crippen molar-refractivity contribution in [3.05, 3.63) is 41.2 Å². The summed E-state index contributed by atoms with van der Waals surface area (Å²) in [6, 6.07) is 8.28. The van der Waals surface area contributed by atoms with Crippen LogP contribution in [0, 0.1) is 13.8 Å². The SMILES string of the molecule is CCCn1c2ccccc2c2nnc(-n3nc(C)c(CC)c3C)nc21. The van der Waals surface area contributed by atoms with E-state index in [0.717, 1.165) is 52.8 Å². The van der Waals surface area contributed by atoms with Crippen LogP contribution in [0.5, 0.6) is 0 Å². The fraction of sp³-hybridized carbons (Fsp3) is 0.368. The third-order valence-electron chi connectivity index (χ3n) is 4.79. The van der Waals surface area contributed by atoms with Crippen LogP contribution < -0.4 is 0 Å². The van der Waals surface area contributed by atoms with Gasteiger partial charge in [0, 0.05) is 17.6 Å². The Bertz CT molecular complexity index is 1070. The van der Waals surface area contributed by atoms with Crippen molar-refractivity contribution in [1.29, 1.82) is 0 Å². The normalized spacial score (nSPS) is 11.7. The van der Waals surface area contributed by atoms with Gasteiger partial charge in [-0.3, -0.25) is 0 Å². The Hall–Kier alpha value is -2.76. The minimum Gasteiger partial charge on any atom is -0.324 e. The molecule has 0 saturated heterocycles. The van der Waals surface area contributed by atoms with Crippen LogP contribution in [0.15, 0.2) is 24.3 Å². The smallest absolute Gasteiger partial charge is 0.272 e. The molecule has 6 heteroatoms. The van der Waals surface area contributed by atoms with Crippen LogP contribution >= 0.6 is 0 Å². The summed E-state index contributed by atoms with van der Waals surface area (Å²) >= 11 is 0. The van der Waals surface area contributed by atoms with Gasteiger partial charge in [-0.05, 0) is 38.3 Å². The second kappa shape index (κ2) is 5.95. The zero-order valence-electron chi connectivity index (χ0n) is 15.1. The maximum atomic E-state index is 4.84. The van der Waals surface area contributed by atoms with Gasteiger partial charge in [0.05, 0.1) is 11.2 Å². The fourth-order valence-electron chi connectivity index (χ4n) is 3.62. The number of aromatic nitrogens is 6. The summed E-state index contributed by atoms with van der Waals surface area (Å²) in [6.45, 7) is 9.31. The molecule has 0 bridgehead atoms. The van der Waals surface area contributed by atoms with Gasteiger partial charge < -0.3 is 4.57 Å². The summed E-state index contributed by atoms with van der Waals surface area (Å²) in [5.74, 6) is 0.535. The number of benzene rings is 1. The lowest BCUT2D eigenvalue weighted by molar-refractivity contribution is 0.705. The number of hydrogen-bond acceptors (Lipinski definition) is 4. The first-order valence-corrected chi connectivity index (χ1v) is 8.82. The van der Waals surface area contributed by atoms with Crippen LogP contribution in [0.3, 0.4) is 0 Å². The standard InChI is InChI=1S/C19H22N6/c1-5-11-24-16-10-8-7-9-15(16)17-18(24)20-19(22-21-17)25-13(4)14(6-2)12(3)23-25/h7-10H,5-6,11H2,1-4H3. The zero-order valence-corrected chi connectivity index (χ0v) is 15.1. The lowest BCUT2D eigenvalue weighted by Crippen LogP contribution is -2.08. The summed E-state index contributed by atoms with van der Waals surface area (Å²) < 4.78 is 4.05. The first-order valence-electron chi connectivity index (χ1n) is 8.82. The molecule has 0 atom stereocenters. The highest BCUT2D eigenvalue weighted by atomic mass is 15.4. The van der Waals surface area contributed by atoms with Crippen LogP contribution in [0.2, 0.25) is 0 Å². The zero-order chi connectivity index (χ0) is 17.6. The molecule has 0 aliphatic rings. The molecule has 0 radical (unpaired) electrons. The van der Waals surface area contributed by atoms with Crippen molar-refractivity contribution in [3.8, 4) is 5.95 Å². The van der Waals surface area contributed by atoms with Crippen LogP contribution in [-0.2, 0) is 13.0 Å². The lowest BCUT2D eigenvalue weighted by Gasteiger charge is -2.06. The topological polar surface area (TPSA) is 61.4 Å². The molecule has 0 aliphatic carbocycles. The Labute approximate surface area is 146 Å². The van der Waals surface area contributed by atoms with Crippen molar-refractivity contribution < 1.29 is 0 Å². The molecule has 0 saturated carbocycles. The van der Waals surface area contributed by atoms with Crippen LogP contribution in [0.25, 0.3) is 28.0 Å². The van der Waals surface area contributed by atoms with E-state index in [0.29, 0.717) is 5.95 Å². The molecule has 1 aromatic carbocycles. The average molecular weight is 334 g/mol. The third-order valence-corrected chi connectivity index (χ3v) is 4.79. The van der Waals surface area contributed by atoms with Gasteiger partial charge in [-0.25, -0.2) is 4.68 Å². The number of nitrogens with zero attached hydrogens (tertiary/aromatic N) is 6. The van der Waals surface area contributed by atoms with Crippen molar-refractivity contribution in [3.63, 3.8) is 0 Å². The predicted molar refractivity (Wildman–Crippen MR) is 99.1 cm³/mol. The molecule has 0 unspecified atom stereocenters. The molecule has 3 heterocycles. The van der Waals surface area contributed by atoms with Crippen molar-refractivity contribution in [1.82, 2.24) is 29.5 Å². The third kappa shape index (κ3) is 2.32. The number of fused-ring (bicyclic) bond motifs is 3. The minimum absolute atomic E-state index is 0.535. The Morgan fingerprint density at radius 1 is 1.04 bits per heavy atom. The molecule has 128 valence electrons. The molecule has 4 aromatic rings. The maximum Gasteiger partial charge on any atom is 0.272 e. The first-order chi connectivity index (χ1) is 12.2. The fourth-order valence-corrected chi connectivity index (χ4v) is 3.62. The molecule has 0 fully saturated rings. The van der Waals surface area contributed by atoms with Crippen molar-refractivity contribution in [2.24, 2.45) is 0 Å². The highest BCUT2D eigenvalue weighted by Gasteiger charge is 2.17. The van der Waals surface area contributed by atoms with Crippen molar-refractivity contribution >= 4 is 22.1 Å². The van der Waals surface area contributed by atoms with Gasteiger partial charge in [-0.1, -0.05) is 32.0 Å². The first kappa shape index (κ1) is 15.7. The van der Waals surface area contributed by atoms with E-state index in [1.165, 1.54) is 5.56 Å². The summed E-state index contributed by atoms with van der Waals surface area (Å²) in [5, 5.41) is 14.6. The monoisotopic (exact) mass is 334 g/mol. The number of rotatable bonds is 4. The maximum absolute atomic E-state index is 4.84. The lowest BCUT2D eigenvalue weighted by atomic mass is 10.1. The summed E-state index contributed by atoms with van der Waals surface area (Å²) in [7, 11) is 0. The van der Waals surface area contributed by atoms with Gasteiger partial charge in [0.2, 0.25) is 0 Å². The van der Waals surface area contributed by atoms with Gasteiger partial charge in [0.15, 0.2) is 5.65 Å². The average Bonchev–Trinajstić information content (AvgIpc) is 3.09. The Balaban J connectivity index is 1.99. The number of hydrogen-bond donors (Lipinski definition) is 0. The Morgan fingerprint density at radius 2 is 1.84 bits per heavy atom. The van der Waals surface area contributed by atoms with Crippen LogP contribution in [0.1, 0.15) is 37.2 Å². The largest absolute Gasteiger partial charge is 0.324 e. The van der Waals surface area contributed by atoms with E-state index in [2.05, 4.69) is 58.8 Å². The molecule has 3 aromatic heterocycles. The molecule has 0 spiro atoms. The molecule has 6 nitrogen and oxygen atoms in total. The van der Waals surface area contributed by atoms with E-state index in [4.69, 9.17) is 4.98 Å². The Kier molecular flexibility index (Phi) is 3.75. The quantitative estimate of drug-likeness (QED) is 0.570. The highest BCUT2D eigenvalue weighted by Crippen LogP contribution is 2.26. The number of para-hydroxylation sites is 1. The molecule has 25 heavy (non-hydrogen) atoms. The Morgan fingerprint density at radius 3 is 2.56 bits per heavy atom. The molecule has 0 N–H and O–H groups in total. The molecule has 0 amide bonds. The van der Waals surface area contributed by atoms with Crippen molar-refractivity contribution in [2.45, 2.75) is 47.1 Å². The highest BCUT2D eigenvalue weighted by molar-refractivity contribution is 6.04. The van der Waals surface area contributed by atoms with Crippen molar-refractivity contribution in [2.75, 3.05) is 0 Å². The van der Waals surface area contributed by atoms with E-state index >= 15 is 0 Å². The second-order valence-electron chi connectivity index (χ2n) is 6.37. The summed E-state index contributed by atoms with van der Waals surface area (Å²) in [5.41, 5.74) is 6.24. The summed E-state index contributed by atoms with van der Waals surface area (Å²) in [6.07, 6.45) is 1.98.